The molecule has 0 saturated carbocycles. The standard InChI is InChI=1S/C58H42B2N4O/c1-58(2,3)37-33-50-55-51(34-37)64(41-25-14-7-15-26-41)49-36-48-42-35-43(49)60(55)57-47(63(50)40-23-12-6-13-24-40)30-18-32-53(57)65-52-31-17-29-46-56(52)59(42)54-44(61(46)38-19-8-4-9-20-38)27-16-28-45(54)62(48)39-21-10-5-11-22-39/h4-36H,1-3H3. The fourth-order valence-electron chi connectivity index (χ4n) is 11.6. The van der Waals surface area contributed by atoms with E-state index in [4.69, 9.17) is 4.74 Å². The Labute approximate surface area is 380 Å². The van der Waals surface area contributed by atoms with Gasteiger partial charge in [0.25, 0.3) is 13.4 Å². The van der Waals surface area contributed by atoms with E-state index >= 15 is 0 Å². The van der Waals surface area contributed by atoms with Gasteiger partial charge in [0.1, 0.15) is 11.5 Å². The summed E-state index contributed by atoms with van der Waals surface area (Å²) in [4.78, 5) is 10.0. The van der Waals surface area contributed by atoms with Crippen LogP contribution in [0.1, 0.15) is 26.3 Å². The molecule has 0 spiro atoms. The van der Waals surface area contributed by atoms with Gasteiger partial charge in [-0.2, -0.15) is 0 Å². The molecule has 0 saturated heterocycles. The third kappa shape index (κ3) is 5.06. The number of hydrogen-bond donors (Lipinski definition) is 0. The molecule has 0 fully saturated rings. The Hall–Kier alpha value is -7.89. The van der Waals surface area contributed by atoms with Crippen LogP contribution >= 0.6 is 0 Å². The summed E-state index contributed by atoms with van der Waals surface area (Å²) in [5.74, 6) is 1.74. The number of nitrogens with zero attached hydrogens (tertiary/aromatic N) is 4. The first kappa shape index (κ1) is 36.6. The third-order valence-electron chi connectivity index (χ3n) is 14.3. The topological polar surface area (TPSA) is 22.2 Å². The van der Waals surface area contributed by atoms with Crippen molar-refractivity contribution in [2.24, 2.45) is 0 Å². The molecule has 306 valence electrons. The molecular formula is C58H42B2N4O. The highest BCUT2D eigenvalue weighted by atomic mass is 16.5. The van der Waals surface area contributed by atoms with Gasteiger partial charge in [0, 0.05) is 68.2 Å². The number of hydrogen-bond acceptors (Lipinski definition) is 5. The maximum Gasteiger partial charge on any atom is 0.256 e. The zero-order valence-electron chi connectivity index (χ0n) is 36.4. The lowest BCUT2D eigenvalue weighted by Crippen LogP contribution is -2.66. The average molecular weight is 833 g/mol. The van der Waals surface area contributed by atoms with E-state index in [1.807, 2.05) is 0 Å². The largest absolute Gasteiger partial charge is 0.458 e. The SMILES string of the molecule is CC(C)(C)c1cc2c3c(c1)N(c1ccccc1)c1cccc4c1B3c1cc3c(cc1N2c1ccccc1)N(c1ccccc1)c1cccc2c1B3c1c(cccc1N2c1ccccc1)O4. The van der Waals surface area contributed by atoms with Gasteiger partial charge < -0.3 is 24.3 Å². The minimum Gasteiger partial charge on any atom is -0.458 e. The Morgan fingerprint density at radius 3 is 1.08 bits per heavy atom. The van der Waals surface area contributed by atoms with Gasteiger partial charge in [-0.05, 0) is 147 Å². The van der Waals surface area contributed by atoms with Crippen molar-refractivity contribution < 1.29 is 4.74 Å². The second-order valence-electron chi connectivity index (χ2n) is 18.9. The van der Waals surface area contributed by atoms with Crippen LogP contribution in [0.4, 0.5) is 68.2 Å². The van der Waals surface area contributed by atoms with E-state index in [1.54, 1.807) is 0 Å². The molecule has 0 amide bonds. The summed E-state index contributed by atoms with van der Waals surface area (Å²) in [6.07, 6.45) is 0. The van der Waals surface area contributed by atoms with Crippen LogP contribution < -0.4 is 57.1 Å². The van der Waals surface area contributed by atoms with Gasteiger partial charge in [-0.25, -0.2) is 0 Å². The number of rotatable bonds is 4. The molecule has 0 radical (unpaired) electrons. The first-order chi connectivity index (χ1) is 31.9. The lowest BCUT2D eigenvalue weighted by atomic mass is 9.29. The molecule has 0 aliphatic carbocycles. The molecule has 2 bridgehead atoms. The Balaban J connectivity index is 1.17. The number of para-hydroxylation sites is 4. The summed E-state index contributed by atoms with van der Waals surface area (Å²) in [6.45, 7) is 6.75. The molecule has 7 heteroatoms. The van der Waals surface area contributed by atoms with E-state index in [0.717, 1.165) is 45.6 Å². The molecule has 65 heavy (non-hydrogen) atoms. The zero-order valence-corrected chi connectivity index (χ0v) is 36.4. The number of anilines is 12. The second kappa shape index (κ2) is 13.3. The maximum atomic E-state index is 7.64. The van der Waals surface area contributed by atoms with Gasteiger partial charge in [0.05, 0.1) is 0 Å². The van der Waals surface area contributed by atoms with Gasteiger partial charge >= 0.3 is 0 Å². The predicted molar refractivity (Wildman–Crippen MR) is 273 cm³/mol. The van der Waals surface area contributed by atoms with Gasteiger partial charge in [-0.15, -0.1) is 0 Å². The fourth-order valence-corrected chi connectivity index (χ4v) is 11.6. The van der Waals surface area contributed by atoms with E-state index in [1.165, 1.54) is 72.5 Å². The van der Waals surface area contributed by atoms with E-state index in [2.05, 4.69) is 241 Å². The highest BCUT2D eigenvalue weighted by Crippen LogP contribution is 2.51. The van der Waals surface area contributed by atoms with Crippen molar-refractivity contribution >= 4 is 114 Å². The quantitative estimate of drug-likeness (QED) is 0.164. The second-order valence-corrected chi connectivity index (χ2v) is 18.9. The third-order valence-corrected chi connectivity index (χ3v) is 14.3. The van der Waals surface area contributed by atoms with Crippen molar-refractivity contribution in [2.75, 3.05) is 19.6 Å². The molecule has 5 nitrogen and oxygen atoms in total. The van der Waals surface area contributed by atoms with Crippen LogP contribution in [-0.4, -0.2) is 13.4 Å². The van der Waals surface area contributed by atoms with E-state index in [9.17, 15) is 0 Å². The molecule has 0 atom stereocenters. The smallest absolute Gasteiger partial charge is 0.256 e. The zero-order chi connectivity index (χ0) is 43.1. The van der Waals surface area contributed by atoms with Crippen LogP contribution in [0.15, 0.2) is 200 Å². The van der Waals surface area contributed by atoms with E-state index in [0.29, 0.717) is 0 Å². The summed E-state index contributed by atoms with van der Waals surface area (Å²) >= 11 is 0. The highest BCUT2D eigenvalue weighted by molar-refractivity contribution is 7.03. The van der Waals surface area contributed by atoms with Crippen molar-refractivity contribution in [2.45, 2.75) is 26.2 Å². The molecule has 9 aromatic carbocycles. The molecule has 5 aliphatic rings. The highest BCUT2D eigenvalue weighted by Gasteiger charge is 2.50. The molecule has 0 unspecified atom stereocenters. The number of benzene rings is 9. The van der Waals surface area contributed by atoms with Crippen molar-refractivity contribution in [1.29, 1.82) is 0 Å². The van der Waals surface area contributed by atoms with E-state index < -0.39 is 0 Å². The lowest BCUT2D eigenvalue weighted by Gasteiger charge is -2.48. The Bertz CT molecular complexity index is 3430. The Kier molecular flexibility index (Phi) is 7.50. The monoisotopic (exact) mass is 832 g/mol. The first-order valence-corrected chi connectivity index (χ1v) is 22.8. The summed E-state index contributed by atoms with van der Waals surface area (Å²) in [5.41, 5.74) is 22.4. The van der Waals surface area contributed by atoms with Crippen molar-refractivity contribution in [3.8, 4) is 11.5 Å². The average Bonchev–Trinajstić information content (AvgIpc) is 3.34. The van der Waals surface area contributed by atoms with E-state index in [-0.39, 0.29) is 18.8 Å². The van der Waals surface area contributed by atoms with Crippen LogP contribution in [0.2, 0.25) is 0 Å². The van der Waals surface area contributed by atoms with Crippen molar-refractivity contribution in [3.63, 3.8) is 0 Å². The molecule has 9 aromatic rings. The summed E-state index contributed by atoms with van der Waals surface area (Å²) < 4.78 is 7.64. The van der Waals surface area contributed by atoms with Crippen molar-refractivity contribution in [1.82, 2.24) is 0 Å². The molecular weight excluding hydrogens is 790 g/mol. The molecule has 0 aromatic heterocycles. The summed E-state index contributed by atoms with van der Waals surface area (Å²) in [5, 5.41) is 0. The maximum absolute atomic E-state index is 7.64. The van der Waals surface area contributed by atoms with Crippen LogP contribution in [0.3, 0.4) is 0 Å². The van der Waals surface area contributed by atoms with Gasteiger partial charge in [0.15, 0.2) is 0 Å². The minimum absolute atomic E-state index is 0.115. The molecule has 5 heterocycles. The Morgan fingerprint density at radius 2 is 0.662 bits per heavy atom. The summed E-state index contributed by atoms with van der Waals surface area (Å²) in [7, 11) is 0. The van der Waals surface area contributed by atoms with Crippen LogP contribution in [-0.2, 0) is 5.41 Å². The predicted octanol–water partition coefficient (Wildman–Crippen LogP) is 11.3. The minimum atomic E-state index is -0.129. The first-order valence-electron chi connectivity index (χ1n) is 22.8. The van der Waals surface area contributed by atoms with Crippen LogP contribution in [0, 0.1) is 0 Å². The molecule has 14 rings (SSSR count). The van der Waals surface area contributed by atoms with Crippen LogP contribution in [0.5, 0.6) is 11.5 Å². The van der Waals surface area contributed by atoms with Gasteiger partial charge in [-0.1, -0.05) is 118 Å². The van der Waals surface area contributed by atoms with Gasteiger partial charge in [-0.3, -0.25) is 0 Å². The molecule has 0 N–H and O–H groups in total. The lowest BCUT2D eigenvalue weighted by molar-refractivity contribution is 0.490. The fraction of sp³-hybridized carbons (Fsp3) is 0.0690. The van der Waals surface area contributed by atoms with Crippen LogP contribution in [0.25, 0.3) is 0 Å². The normalized spacial score (nSPS) is 14.3. The molecule has 5 aliphatic heterocycles. The van der Waals surface area contributed by atoms with Gasteiger partial charge in [0.2, 0.25) is 0 Å². The van der Waals surface area contributed by atoms with Crippen molar-refractivity contribution in [3.05, 3.63) is 206 Å². The summed E-state index contributed by atoms with van der Waals surface area (Å²) in [6, 6.07) is 73.9. The number of ether oxygens (including phenoxy) is 1. The Morgan fingerprint density at radius 1 is 0.323 bits per heavy atom.